The van der Waals surface area contributed by atoms with Gasteiger partial charge in [0.15, 0.2) is 5.60 Å². The van der Waals surface area contributed by atoms with E-state index in [-0.39, 0.29) is 5.97 Å². The molecular weight excluding hydrogens is 156 g/mol. The molecule has 0 rings (SSSR count). The fourth-order valence-electron chi connectivity index (χ4n) is 0.484. The highest BCUT2D eigenvalue weighted by Crippen LogP contribution is 2.16. The number of methoxy groups -OCH3 is 1. The lowest BCUT2D eigenvalue weighted by atomic mass is 10.1. The van der Waals surface area contributed by atoms with Gasteiger partial charge in [0.2, 0.25) is 0 Å². The summed E-state index contributed by atoms with van der Waals surface area (Å²) in [6, 6.07) is 0. The summed E-state index contributed by atoms with van der Waals surface area (Å²) >= 11 is 0. The van der Waals surface area contributed by atoms with Crippen molar-refractivity contribution in [1.29, 1.82) is 0 Å². The number of carbonyl (C=O) groups is 1. The average Bonchev–Trinajstić information content (AvgIpc) is 1.84. The monoisotopic (exact) mass is 174 g/mol. The predicted octanol–water partition coefficient (Wildman–Crippen LogP) is 1.75. The van der Waals surface area contributed by atoms with Crippen molar-refractivity contribution in [2.75, 3.05) is 7.11 Å². The number of rotatable bonds is 2. The Hall–Kier alpha value is -0.570. The van der Waals surface area contributed by atoms with E-state index >= 15 is 0 Å². The average molecular weight is 174 g/mol. The Labute approximate surface area is 74.0 Å². The fraction of sp³-hybridized carbons (Fsp3) is 0.889. The largest absolute Gasteiger partial charge is 0.458 e. The van der Waals surface area contributed by atoms with E-state index in [0.29, 0.717) is 0 Å². The second kappa shape index (κ2) is 3.44. The quantitative estimate of drug-likeness (QED) is 0.598. The molecule has 0 N–H and O–H groups in total. The Morgan fingerprint density at radius 3 is 1.75 bits per heavy atom. The highest BCUT2D eigenvalue weighted by atomic mass is 16.6. The van der Waals surface area contributed by atoms with Crippen LogP contribution in [0.5, 0.6) is 0 Å². The summed E-state index contributed by atoms with van der Waals surface area (Å²) in [5, 5.41) is 0. The van der Waals surface area contributed by atoms with Crippen molar-refractivity contribution in [3.63, 3.8) is 0 Å². The molecule has 3 nitrogen and oxygen atoms in total. The molecule has 72 valence electrons. The van der Waals surface area contributed by atoms with Crippen molar-refractivity contribution in [3.05, 3.63) is 0 Å². The van der Waals surface area contributed by atoms with Crippen LogP contribution in [-0.2, 0) is 14.3 Å². The second-order valence-electron chi connectivity index (χ2n) is 4.22. The first kappa shape index (κ1) is 11.4. The normalized spacial score (nSPS) is 12.8. The molecule has 0 heterocycles. The van der Waals surface area contributed by atoms with E-state index in [1.165, 1.54) is 7.11 Å². The second-order valence-corrected chi connectivity index (χ2v) is 4.22. The van der Waals surface area contributed by atoms with Gasteiger partial charge in [0.25, 0.3) is 0 Å². The first-order valence-electron chi connectivity index (χ1n) is 3.97. The van der Waals surface area contributed by atoms with E-state index in [0.717, 1.165) is 0 Å². The van der Waals surface area contributed by atoms with Gasteiger partial charge in [0.1, 0.15) is 5.60 Å². The Balaban J connectivity index is 4.23. The third-order valence-corrected chi connectivity index (χ3v) is 1.40. The molecule has 0 amide bonds. The molecule has 0 radical (unpaired) electrons. The van der Waals surface area contributed by atoms with Gasteiger partial charge in [-0.05, 0) is 34.6 Å². The van der Waals surface area contributed by atoms with E-state index in [4.69, 9.17) is 9.47 Å². The van der Waals surface area contributed by atoms with Crippen LogP contribution >= 0.6 is 0 Å². The minimum absolute atomic E-state index is 0.336. The van der Waals surface area contributed by atoms with E-state index < -0.39 is 11.2 Å². The fourth-order valence-corrected chi connectivity index (χ4v) is 0.484. The van der Waals surface area contributed by atoms with Crippen LogP contribution in [0.15, 0.2) is 0 Å². The maximum atomic E-state index is 11.4. The van der Waals surface area contributed by atoms with Crippen LogP contribution < -0.4 is 0 Å². The summed E-state index contributed by atoms with van der Waals surface area (Å²) in [5.74, 6) is -0.336. The SMILES string of the molecule is COC(C)(C)C(=O)OC(C)(C)C. The van der Waals surface area contributed by atoms with E-state index in [1.807, 2.05) is 20.8 Å². The molecule has 0 aromatic carbocycles. The van der Waals surface area contributed by atoms with Crippen LogP contribution in [0.4, 0.5) is 0 Å². The van der Waals surface area contributed by atoms with E-state index in [9.17, 15) is 4.79 Å². The Morgan fingerprint density at radius 1 is 1.08 bits per heavy atom. The molecule has 0 saturated heterocycles. The molecule has 0 aliphatic rings. The topological polar surface area (TPSA) is 35.5 Å². The van der Waals surface area contributed by atoms with Gasteiger partial charge in [-0.3, -0.25) is 0 Å². The lowest BCUT2D eigenvalue weighted by molar-refractivity contribution is -0.176. The van der Waals surface area contributed by atoms with Gasteiger partial charge < -0.3 is 9.47 Å². The molecule has 0 aliphatic carbocycles. The van der Waals surface area contributed by atoms with Gasteiger partial charge in [0, 0.05) is 7.11 Å². The van der Waals surface area contributed by atoms with Crippen LogP contribution in [0.3, 0.4) is 0 Å². The van der Waals surface area contributed by atoms with Crippen molar-refractivity contribution < 1.29 is 14.3 Å². The summed E-state index contributed by atoms with van der Waals surface area (Å²) in [6.07, 6.45) is 0. The Morgan fingerprint density at radius 2 is 1.50 bits per heavy atom. The molecule has 0 aromatic rings. The maximum Gasteiger partial charge on any atom is 0.338 e. The molecule has 3 heteroatoms. The molecule has 0 fully saturated rings. The van der Waals surface area contributed by atoms with Crippen LogP contribution in [0.25, 0.3) is 0 Å². The summed E-state index contributed by atoms with van der Waals surface area (Å²) < 4.78 is 10.1. The van der Waals surface area contributed by atoms with Crippen molar-refractivity contribution in [1.82, 2.24) is 0 Å². The predicted molar refractivity (Wildman–Crippen MR) is 46.9 cm³/mol. The summed E-state index contributed by atoms with van der Waals surface area (Å²) in [5.41, 5.74) is -1.31. The minimum atomic E-state index is -0.854. The van der Waals surface area contributed by atoms with Crippen LogP contribution in [0.1, 0.15) is 34.6 Å². The summed E-state index contributed by atoms with van der Waals surface area (Å²) in [7, 11) is 1.49. The third-order valence-electron chi connectivity index (χ3n) is 1.40. The zero-order chi connectivity index (χ0) is 9.99. The molecule has 0 atom stereocenters. The highest BCUT2D eigenvalue weighted by molar-refractivity contribution is 5.78. The van der Waals surface area contributed by atoms with Crippen LogP contribution in [-0.4, -0.2) is 24.3 Å². The van der Waals surface area contributed by atoms with Crippen molar-refractivity contribution in [2.45, 2.75) is 45.8 Å². The third kappa shape index (κ3) is 3.72. The minimum Gasteiger partial charge on any atom is -0.458 e. The standard InChI is InChI=1S/C9H18O3/c1-8(2,3)12-7(10)9(4,5)11-6/h1-6H3. The lowest BCUT2D eigenvalue weighted by Crippen LogP contribution is -2.40. The lowest BCUT2D eigenvalue weighted by Gasteiger charge is -2.27. The maximum absolute atomic E-state index is 11.4. The number of hydrogen-bond acceptors (Lipinski definition) is 3. The molecule has 0 bridgehead atoms. The summed E-state index contributed by atoms with van der Waals surface area (Å²) in [6.45, 7) is 8.85. The van der Waals surface area contributed by atoms with Gasteiger partial charge in [0.05, 0.1) is 0 Å². The van der Waals surface area contributed by atoms with Gasteiger partial charge in [-0.1, -0.05) is 0 Å². The van der Waals surface area contributed by atoms with Gasteiger partial charge in [-0.2, -0.15) is 0 Å². The van der Waals surface area contributed by atoms with Crippen LogP contribution in [0.2, 0.25) is 0 Å². The molecule has 0 saturated carbocycles. The highest BCUT2D eigenvalue weighted by Gasteiger charge is 2.32. The van der Waals surface area contributed by atoms with Crippen molar-refractivity contribution in [3.8, 4) is 0 Å². The number of esters is 1. The van der Waals surface area contributed by atoms with Gasteiger partial charge >= 0.3 is 5.97 Å². The van der Waals surface area contributed by atoms with Crippen LogP contribution in [0, 0.1) is 0 Å². The smallest absolute Gasteiger partial charge is 0.338 e. The van der Waals surface area contributed by atoms with E-state index in [2.05, 4.69) is 0 Å². The molecular formula is C9H18O3. The first-order valence-corrected chi connectivity index (χ1v) is 3.97. The van der Waals surface area contributed by atoms with Crippen molar-refractivity contribution in [2.24, 2.45) is 0 Å². The molecule has 0 aliphatic heterocycles. The van der Waals surface area contributed by atoms with Gasteiger partial charge in [-0.25, -0.2) is 4.79 Å². The Bertz CT molecular complexity index is 165. The van der Waals surface area contributed by atoms with Gasteiger partial charge in [-0.15, -0.1) is 0 Å². The molecule has 0 spiro atoms. The molecule has 0 aromatic heterocycles. The molecule has 12 heavy (non-hydrogen) atoms. The number of ether oxygens (including phenoxy) is 2. The summed E-state index contributed by atoms with van der Waals surface area (Å²) in [4.78, 5) is 11.4. The zero-order valence-electron chi connectivity index (χ0n) is 8.72. The first-order chi connectivity index (χ1) is 5.19. The zero-order valence-corrected chi connectivity index (χ0v) is 8.72. The number of carbonyl (C=O) groups excluding carboxylic acids is 1. The van der Waals surface area contributed by atoms with Crippen molar-refractivity contribution >= 4 is 5.97 Å². The Kier molecular flexibility index (Phi) is 3.27. The van der Waals surface area contributed by atoms with E-state index in [1.54, 1.807) is 13.8 Å². The molecule has 0 unspecified atom stereocenters. The number of hydrogen-bond donors (Lipinski definition) is 0.